The van der Waals surface area contributed by atoms with Crippen molar-refractivity contribution in [2.24, 2.45) is 10.9 Å². The van der Waals surface area contributed by atoms with Gasteiger partial charge in [-0.3, -0.25) is 19.9 Å². The summed E-state index contributed by atoms with van der Waals surface area (Å²) in [6.07, 6.45) is 1.27. The largest absolute Gasteiger partial charge is 0.378 e. The zero-order valence-electron chi connectivity index (χ0n) is 14.7. The number of carbonyl (C=O) groups excluding carboxylic acids is 3. The number of urea groups is 1. The van der Waals surface area contributed by atoms with Crippen molar-refractivity contribution in [1.29, 1.82) is 0 Å². The molecule has 0 saturated carbocycles. The zero-order chi connectivity index (χ0) is 19.6. The summed E-state index contributed by atoms with van der Waals surface area (Å²) < 4.78 is 0.969. The summed E-state index contributed by atoms with van der Waals surface area (Å²) in [7, 11) is 3.86. The molecule has 0 bridgehead atoms. The van der Waals surface area contributed by atoms with E-state index < -0.39 is 23.8 Å². The molecular formula is C19H17IN4O3. The summed E-state index contributed by atoms with van der Waals surface area (Å²) in [6, 6.07) is 13.5. The Morgan fingerprint density at radius 1 is 1.04 bits per heavy atom. The van der Waals surface area contributed by atoms with E-state index in [0.717, 1.165) is 14.2 Å². The van der Waals surface area contributed by atoms with Crippen LogP contribution in [-0.4, -0.2) is 38.2 Å². The molecule has 138 valence electrons. The van der Waals surface area contributed by atoms with Gasteiger partial charge in [0.05, 0.1) is 11.4 Å². The fraction of sp³-hybridized carbons (Fsp3) is 0.158. The molecule has 1 aliphatic rings. The maximum atomic E-state index is 12.7. The average molecular weight is 476 g/mol. The van der Waals surface area contributed by atoms with E-state index in [9.17, 15) is 14.4 Å². The van der Waals surface area contributed by atoms with E-state index in [1.54, 1.807) is 36.4 Å². The van der Waals surface area contributed by atoms with Gasteiger partial charge in [0.1, 0.15) is 0 Å². The van der Waals surface area contributed by atoms with Crippen LogP contribution in [0.3, 0.4) is 0 Å². The number of benzene rings is 2. The number of hydrogen-bond acceptors (Lipinski definition) is 5. The lowest BCUT2D eigenvalue weighted by atomic mass is 10.1. The van der Waals surface area contributed by atoms with E-state index in [1.807, 2.05) is 31.1 Å². The molecule has 1 aliphatic heterocycles. The minimum Gasteiger partial charge on any atom is -0.378 e. The van der Waals surface area contributed by atoms with Gasteiger partial charge in [-0.05, 0) is 71.1 Å². The van der Waals surface area contributed by atoms with Gasteiger partial charge in [-0.2, -0.15) is 0 Å². The number of anilines is 2. The van der Waals surface area contributed by atoms with E-state index in [4.69, 9.17) is 0 Å². The van der Waals surface area contributed by atoms with Crippen molar-refractivity contribution in [3.8, 4) is 0 Å². The van der Waals surface area contributed by atoms with E-state index in [-0.39, 0.29) is 0 Å². The summed E-state index contributed by atoms with van der Waals surface area (Å²) in [4.78, 5) is 44.2. The summed E-state index contributed by atoms with van der Waals surface area (Å²) in [5, 5.41) is 2.21. The van der Waals surface area contributed by atoms with Crippen molar-refractivity contribution in [3.63, 3.8) is 0 Å². The first-order valence-corrected chi connectivity index (χ1v) is 9.20. The van der Waals surface area contributed by atoms with Crippen LogP contribution in [0.4, 0.5) is 21.9 Å². The predicted octanol–water partition coefficient (Wildman–Crippen LogP) is 2.96. The van der Waals surface area contributed by atoms with Crippen LogP contribution in [0.2, 0.25) is 0 Å². The van der Waals surface area contributed by atoms with Crippen LogP contribution in [-0.2, 0) is 9.59 Å². The first-order chi connectivity index (χ1) is 12.9. The second-order valence-electron chi connectivity index (χ2n) is 6.11. The minimum atomic E-state index is -1.17. The minimum absolute atomic E-state index is 0.402. The maximum absolute atomic E-state index is 12.7. The fourth-order valence-electron chi connectivity index (χ4n) is 2.55. The third-order valence-electron chi connectivity index (χ3n) is 4.03. The molecule has 2 aromatic rings. The topological polar surface area (TPSA) is 82.1 Å². The highest BCUT2D eigenvalue weighted by Gasteiger charge is 2.40. The van der Waals surface area contributed by atoms with Gasteiger partial charge in [-0.25, -0.2) is 9.69 Å². The number of nitrogens with one attached hydrogen (secondary N) is 1. The summed E-state index contributed by atoms with van der Waals surface area (Å²) in [5.41, 5.74) is 2.02. The maximum Gasteiger partial charge on any atom is 0.335 e. The highest BCUT2D eigenvalue weighted by atomic mass is 127. The van der Waals surface area contributed by atoms with E-state index in [1.165, 1.54) is 6.21 Å². The molecule has 8 heteroatoms. The number of halogens is 1. The number of imide groups is 2. The second-order valence-corrected chi connectivity index (χ2v) is 7.36. The molecule has 0 unspecified atom stereocenters. The molecule has 27 heavy (non-hydrogen) atoms. The van der Waals surface area contributed by atoms with Gasteiger partial charge in [-0.1, -0.05) is 0 Å². The standard InChI is InChI=1S/C19H17IN4O3/c1-23(2)14-9-5-13(6-10-14)21-11-16-17(25)22-19(27)24(18(16)26)15-7-3-12(20)4-8-15/h3-11,16H,1-2H3,(H,22,25,27)/t16-/m1/s1. The third-order valence-corrected chi connectivity index (χ3v) is 4.74. The number of barbiturate groups is 1. The summed E-state index contributed by atoms with van der Waals surface area (Å²) in [5.74, 6) is -2.48. The Labute approximate surface area is 170 Å². The van der Waals surface area contributed by atoms with Crippen LogP contribution in [0.25, 0.3) is 0 Å². The highest BCUT2D eigenvalue weighted by molar-refractivity contribution is 14.1. The van der Waals surface area contributed by atoms with Crippen LogP contribution in [0.5, 0.6) is 0 Å². The number of aliphatic imine (C=N–C) groups is 1. The number of nitrogens with zero attached hydrogens (tertiary/aromatic N) is 3. The lowest BCUT2D eigenvalue weighted by Crippen LogP contribution is -2.58. The van der Waals surface area contributed by atoms with Crippen molar-refractivity contribution in [3.05, 3.63) is 52.1 Å². The number of carbonyl (C=O) groups is 3. The van der Waals surface area contributed by atoms with Gasteiger partial charge < -0.3 is 4.90 Å². The Bertz CT molecular complexity index is 908. The molecule has 7 nitrogen and oxygen atoms in total. The van der Waals surface area contributed by atoms with E-state index >= 15 is 0 Å². The van der Waals surface area contributed by atoms with Gasteiger partial charge in [0.15, 0.2) is 5.92 Å². The van der Waals surface area contributed by atoms with Crippen molar-refractivity contribution in [2.75, 3.05) is 23.9 Å². The molecule has 3 rings (SSSR count). The Morgan fingerprint density at radius 3 is 2.26 bits per heavy atom. The highest BCUT2D eigenvalue weighted by Crippen LogP contribution is 2.22. The molecular weight excluding hydrogens is 459 g/mol. The quantitative estimate of drug-likeness (QED) is 0.418. The molecule has 1 atom stereocenters. The molecule has 1 N–H and O–H groups in total. The molecule has 0 spiro atoms. The third kappa shape index (κ3) is 4.16. The fourth-order valence-corrected chi connectivity index (χ4v) is 2.91. The zero-order valence-corrected chi connectivity index (χ0v) is 16.9. The Hall–Kier alpha value is -2.75. The summed E-state index contributed by atoms with van der Waals surface area (Å²) in [6.45, 7) is 0. The van der Waals surface area contributed by atoms with Crippen LogP contribution >= 0.6 is 22.6 Å². The first-order valence-electron chi connectivity index (χ1n) is 8.13. The molecule has 2 aromatic carbocycles. The molecule has 0 aromatic heterocycles. The Morgan fingerprint density at radius 2 is 1.67 bits per heavy atom. The van der Waals surface area contributed by atoms with E-state index in [0.29, 0.717) is 11.4 Å². The molecule has 4 amide bonds. The van der Waals surface area contributed by atoms with Gasteiger partial charge in [0, 0.05) is 29.6 Å². The summed E-state index contributed by atoms with van der Waals surface area (Å²) >= 11 is 2.13. The lowest BCUT2D eigenvalue weighted by Gasteiger charge is -2.28. The van der Waals surface area contributed by atoms with Crippen LogP contribution in [0.1, 0.15) is 0 Å². The molecule has 1 heterocycles. The SMILES string of the molecule is CN(C)c1ccc(N=C[C@@H]2C(=O)NC(=O)N(c3ccc(I)cc3)C2=O)cc1. The van der Waals surface area contributed by atoms with Crippen molar-refractivity contribution in [2.45, 2.75) is 0 Å². The molecule has 0 aliphatic carbocycles. The van der Waals surface area contributed by atoms with Crippen molar-refractivity contribution < 1.29 is 14.4 Å². The number of rotatable bonds is 4. The Balaban J connectivity index is 1.83. The normalized spacial score (nSPS) is 17.4. The van der Waals surface area contributed by atoms with Crippen molar-refractivity contribution >= 4 is 63.7 Å². The van der Waals surface area contributed by atoms with E-state index in [2.05, 4.69) is 32.9 Å². The molecule has 1 saturated heterocycles. The number of hydrogen-bond donors (Lipinski definition) is 1. The predicted molar refractivity (Wildman–Crippen MR) is 113 cm³/mol. The van der Waals surface area contributed by atoms with Crippen molar-refractivity contribution in [1.82, 2.24) is 5.32 Å². The average Bonchev–Trinajstić information content (AvgIpc) is 2.63. The smallest absolute Gasteiger partial charge is 0.335 e. The second kappa shape index (κ2) is 7.87. The molecule has 1 fully saturated rings. The van der Waals surface area contributed by atoms with Crippen LogP contribution in [0, 0.1) is 9.49 Å². The Kier molecular flexibility index (Phi) is 5.54. The van der Waals surface area contributed by atoms with Gasteiger partial charge >= 0.3 is 6.03 Å². The number of amides is 4. The monoisotopic (exact) mass is 476 g/mol. The first kappa shape index (κ1) is 19.0. The van der Waals surface area contributed by atoms with Gasteiger partial charge in [0.2, 0.25) is 5.91 Å². The van der Waals surface area contributed by atoms with Gasteiger partial charge in [0.25, 0.3) is 5.91 Å². The van der Waals surface area contributed by atoms with Gasteiger partial charge in [-0.15, -0.1) is 0 Å². The molecule has 0 radical (unpaired) electrons. The lowest BCUT2D eigenvalue weighted by molar-refractivity contribution is -0.131. The van der Waals surface area contributed by atoms with Crippen LogP contribution in [0.15, 0.2) is 53.5 Å². The van der Waals surface area contributed by atoms with Crippen LogP contribution < -0.4 is 15.1 Å².